The number of nitrogens with one attached hydrogen (secondary N) is 1. The fraction of sp³-hybridized carbons (Fsp3) is 0.238. The molecule has 1 fully saturated rings. The number of aromatic amines is 1. The summed E-state index contributed by atoms with van der Waals surface area (Å²) in [4.78, 5) is 38.0. The number of hydrogen-bond donors (Lipinski definition) is 1. The molecule has 148 valence electrons. The SMILES string of the molecule is COc1ncccc1-c1cc(=O)[nH]c([C@H]2CCN(C(=O)c3ccccc3F)C2)n1. The van der Waals surface area contributed by atoms with Crippen molar-refractivity contribution in [3.05, 3.63) is 76.2 Å². The third kappa shape index (κ3) is 3.73. The van der Waals surface area contributed by atoms with Gasteiger partial charge in [0.15, 0.2) is 0 Å². The quantitative estimate of drug-likeness (QED) is 0.735. The van der Waals surface area contributed by atoms with Crippen LogP contribution in [0.1, 0.15) is 28.5 Å². The molecule has 3 aromatic rings. The summed E-state index contributed by atoms with van der Waals surface area (Å²) in [5.74, 6) is -0.196. The summed E-state index contributed by atoms with van der Waals surface area (Å²) in [6.07, 6.45) is 2.22. The monoisotopic (exact) mass is 394 g/mol. The van der Waals surface area contributed by atoms with Crippen LogP contribution >= 0.6 is 0 Å². The maximum absolute atomic E-state index is 14.0. The van der Waals surface area contributed by atoms with Crippen molar-refractivity contribution in [2.45, 2.75) is 12.3 Å². The Morgan fingerprint density at radius 1 is 1.28 bits per heavy atom. The number of nitrogens with zero attached hydrogens (tertiary/aromatic N) is 3. The van der Waals surface area contributed by atoms with Crippen LogP contribution in [-0.2, 0) is 0 Å². The average molecular weight is 394 g/mol. The topological polar surface area (TPSA) is 88.2 Å². The molecule has 1 atom stereocenters. The molecule has 1 aliphatic rings. The number of aromatic nitrogens is 3. The highest BCUT2D eigenvalue weighted by Gasteiger charge is 2.30. The van der Waals surface area contributed by atoms with E-state index >= 15 is 0 Å². The molecule has 0 saturated carbocycles. The van der Waals surface area contributed by atoms with E-state index in [1.807, 2.05) is 0 Å². The molecule has 1 aliphatic heterocycles. The van der Waals surface area contributed by atoms with Gasteiger partial charge in [0.2, 0.25) is 5.88 Å². The normalized spacial score (nSPS) is 16.1. The molecule has 29 heavy (non-hydrogen) atoms. The second kappa shape index (κ2) is 7.83. The molecule has 1 saturated heterocycles. The van der Waals surface area contributed by atoms with Gasteiger partial charge in [-0.2, -0.15) is 0 Å². The Morgan fingerprint density at radius 3 is 2.90 bits per heavy atom. The van der Waals surface area contributed by atoms with E-state index in [9.17, 15) is 14.0 Å². The Bertz CT molecular complexity index is 1110. The van der Waals surface area contributed by atoms with Gasteiger partial charge in [-0.25, -0.2) is 14.4 Å². The Morgan fingerprint density at radius 2 is 2.10 bits per heavy atom. The van der Waals surface area contributed by atoms with Gasteiger partial charge in [-0.3, -0.25) is 9.59 Å². The predicted octanol–water partition coefficient (Wildman–Crippen LogP) is 2.61. The number of ether oxygens (including phenoxy) is 1. The molecule has 0 unspecified atom stereocenters. The minimum atomic E-state index is -0.543. The van der Waals surface area contributed by atoms with E-state index in [1.165, 1.54) is 25.3 Å². The number of halogens is 1. The Hall–Kier alpha value is -3.55. The maximum Gasteiger partial charge on any atom is 0.256 e. The fourth-order valence-electron chi connectivity index (χ4n) is 3.53. The van der Waals surface area contributed by atoms with Crippen LogP contribution in [0.5, 0.6) is 5.88 Å². The number of hydrogen-bond acceptors (Lipinski definition) is 5. The van der Waals surface area contributed by atoms with Crippen molar-refractivity contribution >= 4 is 5.91 Å². The molecule has 0 spiro atoms. The molecule has 3 heterocycles. The number of H-pyrrole nitrogens is 1. The van der Waals surface area contributed by atoms with Gasteiger partial charge in [-0.15, -0.1) is 0 Å². The summed E-state index contributed by atoms with van der Waals surface area (Å²) in [6.45, 7) is 0.811. The van der Waals surface area contributed by atoms with Crippen LogP contribution in [0.4, 0.5) is 4.39 Å². The van der Waals surface area contributed by atoms with Crippen molar-refractivity contribution in [1.82, 2.24) is 19.9 Å². The van der Waals surface area contributed by atoms with Crippen LogP contribution in [0.25, 0.3) is 11.3 Å². The molecule has 4 rings (SSSR count). The smallest absolute Gasteiger partial charge is 0.256 e. The first-order valence-corrected chi connectivity index (χ1v) is 9.21. The Balaban J connectivity index is 1.60. The van der Waals surface area contributed by atoms with Crippen molar-refractivity contribution in [1.29, 1.82) is 0 Å². The van der Waals surface area contributed by atoms with Crippen LogP contribution in [0.3, 0.4) is 0 Å². The number of benzene rings is 1. The molecular weight excluding hydrogens is 375 g/mol. The molecule has 0 radical (unpaired) electrons. The van der Waals surface area contributed by atoms with Crippen molar-refractivity contribution in [2.24, 2.45) is 0 Å². The minimum absolute atomic E-state index is 0.0449. The van der Waals surface area contributed by atoms with E-state index in [0.717, 1.165) is 0 Å². The van der Waals surface area contributed by atoms with Gasteiger partial charge < -0.3 is 14.6 Å². The second-order valence-corrected chi connectivity index (χ2v) is 6.79. The summed E-state index contributed by atoms with van der Waals surface area (Å²) in [5.41, 5.74) is 0.811. The number of amides is 1. The highest BCUT2D eigenvalue weighted by molar-refractivity contribution is 5.94. The molecule has 0 aliphatic carbocycles. The first-order chi connectivity index (χ1) is 14.1. The summed E-state index contributed by atoms with van der Waals surface area (Å²) in [7, 11) is 1.50. The zero-order chi connectivity index (χ0) is 20.4. The van der Waals surface area contributed by atoms with Gasteiger partial charge >= 0.3 is 0 Å². The van der Waals surface area contributed by atoms with E-state index in [4.69, 9.17) is 4.74 Å². The molecular formula is C21H19FN4O3. The van der Waals surface area contributed by atoms with E-state index in [2.05, 4.69) is 15.0 Å². The molecule has 1 N–H and O–H groups in total. The number of carbonyl (C=O) groups excluding carboxylic acids is 1. The van der Waals surface area contributed by atoms with Gasteiger partial charge in [0.05, 0.1) is 23.9 Å². The lowest BCUT2D eigenvalue weighted by Crippen LogP contribution is -2.29. The van der Waals surface area contributed by atoms with Gasteiger partial charge in [-0.1, -0.05) is 12.1 Å². The Labute approximate surface area is 166 Å². The average Bonchev–Trinajstić information content (AvgIpc) is 3.23. The lowest BCUT2D eigenvalue weighted by atomic mass is 10.1. The number of likely N-dealkylation sites (tertiary alicyclic amines) is 1. The van der Waals surface area contributed by atoms with Gasteiger partial charge in [0.1, 0.15) is 11.6 Å². The first kappa shape index (κ1) is 18.8. The third-order valence-corrected chi connectivity index (χ3v) is 4.97. The minimum Gasteiger partial charge on any atom is -0.481 e. The van der Waals surface area contributed by atoms with Crippen molar-refractivity contribution in [3.8, 4) is 17.1 Å². The van der Waals surface area contributed by atoms with E-state index < -0.39 is 5.82 Å². The lowest BCUT2D eigenvalue weighted by Gasteiger charge is -2.17. The van der Waals surface area contributed by atoms with E-state index in [1.54, 1.807) is 35.4 Å². The molecule has 8 heteroatoms. The number of methoxy groups -OCH3 is 1. The highest BCUT2D eigenvalue weighted by atomic mass is 19.1. The maximum atomic E-state index is 14.0. The standard InChI is InChI=1S/C21H19FN4O3/c1-29-20-15(6-4-9-23-20)17-11-18(27)25-19(24-17)13-8-10-26(12-13)21(28)14-5-2-3-7-16(14)22/h2-7,9,11,13H,8,10,12H2,1H3,(H,24,25,27)/t13-/m0/s1. The molecule has 7 nitrogen and oxygen atoms in total. The second-order valence-electron chi connectivity index (χ2n) is 6.79. The fourth-order valence-corrected chi connectivity index (χ4v) is 3.53. The number of rotatable bonds is 4. The van der Waals surface area contributed by atoms with Crippen LogP contribution in [0, 0.1) is 5.82 Å². The number of carbonyl (C=O) groups is 1. The Kier molecular flexibility index (Phi) is 5.07. The zero-order valence-electron chi connectivity index (χ0n) is 15.8. The van der Waals surface area contributed by atoms with Crippen molar-refractivity contribution in [2.75, 3.05) is 20.2 Å². The largest absolute Gasteiger partial charge is 0.481 e. The van der Waals surface area contributed by atoms with Gasteiger partial charge in [0, 0.05) is 31.3 Å². The van der Waals surface area contributed by atoms with Crippen molar-refractivity contribution in [3.63, 3.8) is 0 Å². The highest BCUT2D eigenvalue weighted by Crippen LogP contribution is 2.29. The number of pyridine rings is 1. The summed E-state index contributed by atoms with van der Waals surface area (Å²) in [5, 5.41) is 0. The van der Waals surface area contributed by atoms with Crippen molar-refractivity contribution < 1.29 is 13.9 Å². The molecule has 1 amide bonds. The summed E-state index contributed by atoms with van der Waals surface area (Å²) in [6, 6.07) is 10.8. The van der Waals surface area contributed by atoms with Gasteiger partial charge in [-0.05, 0) is 30.7 Å². The zero-order valence-corrected chi connectivity index (χ0v) is 15.8. The lowest BCUT2D eigenvalue weighted by molar-refractivity contribution is 0.0786. The molecule has 0 bridgehead atoms. The summed E-state index contributed by atoms with van der Waals surface area (Å²) >= 11 is 0. The summed E-state index contributed by atoms with van der Waals surface area (Å²) < 4.78 is 19.2. The van der Waals surface area contributed by atoms with E-state index in [0.29, 0.717) is 42.5 Å². The van der Waals surface area contributed by atoms with Crippen LogP contribution in [0.2, 0.25) is 0 Å². The van der Waals surface area contributed by atoms with E-state index in [-0.39, 0.29) is 22.9 Å². The first-order valence-electron chi connectivity index (χ1n) is 9.21. The third-order valence-electron chi connectivity index (χ3n) is 4.97. The van der Waals surface area contributed by atoms with Crippen LogP contribution < -0.4 is 10.3 Å². The molecule has 1 aromatic carbocycles. The van der Waals surface area contributed by atoms with Crippen LogP contribution in [0.15, 0.2) is 53.5 Å². The predicted molar refractivity (Wildman–Crippen MR) is 104 cm³/mol. The van der Waals surface area contributed by atoms with Gasteiger partial charge in [0.25, 0.3) is 11.5 Å². The molecule has 2 aromatic heterocycles. The van der Waals surface area contributed by atoms with Crippen LogP contribution in [-0.4, -0.2) is 46.0 Å².